The number of hydrogen-bond donors (Lipinski definition) is 0. The number of ether oxygens (including phenoxy) is 1. The normalized spacial score (nSPS) is 11.0. The first-order valence-electron chi connectivity index (χ1n) is 8.34. The minimum absolute atomic E-state index is 0.694. The topological polar surface area (TPSA) is 39.4 Å². The number of rotatable bonds is 4. The van der Waals surface area contributed by atoms with E-state index in [1.165, 1.54) is 10.5 Å². The summed E-state index contributed by atoms with van der Waals surface area (Å²) in [7, 11) is 1.67. The summed E-state index contributed by atoms with van der Waals surface area (Å²) >= 11 is 1.76. The summed E-state index contributed by atoms with van der Waals surface area (Å²) in [4.78, 5) is 10.5. The van der Waals surface area contributed by atoms with Gasteiger partial charge in [0, 0.05) is 28.4 Å². The average molecular weight is 361 g/mol. The highest BCUT2D eigenvalue weighted by molar-refractivity contribution is 7.98. The number of nitrogens with zero attached hydrogens (tertiary/aromatic N) is 3. The lowest BCUT2D eigenvalue weighted by molar-refractivity contribution is 0.415. The minimum Gasteiger partial charge on any atom is -0.497 e. The monoisotopic (exact) mass is 361 g/mol. The lowest BCUT2D eigenvalue weighted by atomic mass is 10.0. The third-order valence-electron chi connectivity index (χ3n) is 4.44. The molecule has 0 fully saturated rings. The Bertz CT molecular complexity index is 1070. The summed E-state index contributed by atoms with van der Waals surface area (Å²) in [6, 6.07) is 16.5. The maximum Gasteiger partial charge on any atom is 0.234 e. The van der Waals surface area contributed by atoms with Gasteiger partial charge in [-0.1, -0.05) is 6.07 Å². The van der Waals surface area contributed by atoms with Gasteiger partial charge < -0.3 is 4.74 Å². The zero-order valence-electron chi connectivity index (χ0n) is 14.9. The molecule has 2 aromatic heterocycles. The number of methoxy groups -OCH3 is 1. The van der Waals surface area contributed by atoms with Crippen LogP contribution in [0.1, 0.15) is 5.56 Å². The van der Waals surface area contributed by atoms with Crippen LogP contribution in [0.3, 0.4) is 0 Å². The van der Waals surface area contributed by atoms with E-state index < -0.39 is 0 Å². The molecule has 5 heteroatoms. The van der Waals surface area contributed by atoms with E-state index in [0.717, 1.165) is 28.3 Å². The molecule has 0 spiro atoms. The fourth-order valence-electron chi connectivity index (χ4n) is 3.14. The molecule has 2 aromatic carbocycles. The van der Waals surface area contributed by atoms with E-state index in [1.807, 2.05) is 40.9 Å². The molecule has 0 aliphatic heterocycles. The Hall–Kier alpha value is -2.79. The van der Waals surface area contributed by atoms with Crippen LogP contribution in [0.4, 0.5) is 0 Å². The molecule has 0 bridgehead atoms. The van der Waals surface area contributed by atoms with Gasteiger partial charge in [0.1, 0.15) is 5.75 Å². The van der Waals surface area contributed by atoms with Crippen molar-refractivity contribution < 1.29 is 4.74 Å². The molecule has 26 heavy (non-hydrogen) atoms. The zero-order chi connectivity index (χ0) is 18.1. The quantitative estimate of drug-likeness (QED) is 0.474. The summed E-state index contributed by atoms with van der Waals surface area (Å²) in [5, 5.41) is 0. The largest absolute Gasteiger partial charge is 0.497 e. The number of aromatic nitrogens is 3. The molecular weight excluding hydrogens is 342 g/mol. The Labute approximate surface area is 156 Å². The van der Waals surface area contributed by atoms with Gasteiger partial charge in [-0.05, 0) is 61.2 Å². The lowest BCUT2D eigenvalue weighted by Crippen LogP contribution is -1.92. The van der Waals surface area contributed by atoms with Crippen LogP contribution < -0.4 is 4.74 Å². The van der Waals surface area contributed by atoms with Gasteiger partial charge in [-0.2, -0.15) is 0 Å². The van der Waals surface area contributed by atoms with E-state index in [1.54, 1.807) is 25.1 Å². The Morgan fingerprint density at radius 2 is 1.81 bits per heavy atom. The van der Waals surface area contributed by atoms with Crippen molar-refractivity contribution in [3.8, 4) is 28.3 Å². The molecule has 4 aromatic rings. The molecule has 130 valence electrons. The van der Waals surface area contributed by atoms with Gasteiger partial charge in [0.15, 0.2) is 0 Å². The summed E-state index contributed by atoms with van der Waals surface area (Å²) in [6.45, 7) is 2.14. The van der Waals surface area contributed by atoms with Crippen molar-refractivity contribution in [2.24, 2.45) is 0 Å². The SMILES string of the molecule is COc1ccc(-c2nc3ncccn3c2-c2ccc(SC)c(C)c2)cc1. The highest BCUT2D eigenvalue weighted by atomic mass is 32.2. The first-order valence-corrected chi connectivity index (χ1v) is 9.56. The molecule has 0 radical (unpaired) electrons. The first kappa shape index (κ1) is 16.7. The van der Waals surface area contributed by atoms with Crippen LogP contribution in [0.25, 0.3) is 28.3 Å². The number of fused-ring (bicyclic) bond motifs is 1. The summed E-state index contributed by atoms with van der Waals surface area (Å²) in [5.41, 5.74) is 5.40. The van der Waals surface area contributed by atoms with Crippen molar-refractivity contribution in [1.82, 2.24) is 14.4 Å². The van der Waals surface area contributed by atoms with Crippen LogP contribution in [0.2, 0.25) is 0 Å². The average Bonchev–Trinajstić information content (AvgIpc) is 3.07. The maximum absolute atomic E-state index is 5.28. The van der Waals surface area contributed by atoms with Crippen molar-refractivity contribution in [3.05, 3.63) is 66.5 Å². The van der Waals surface area contributed by atoms with Gasteiger partial charge in [-0.3, -0.25) is 4.40 Å². The van der Waals surface area contributed by atoms with Crippen molar-refractivity contribution in [1.29, 1.82) is 0 Å². The summed E-state index contributed by atoms with van der Waals surface area (Å²) in [6.07, 6.45) is 5.88. The summed E-state index contributed by atoms with van der Waals surface area (Å²) < 4.78 is 7.33. The van der Waals surface area contributed by atoms with Crippen molar-refractivity contribution in [3.63, 3.8) is 0 Å². The van der Waals surface area contributed by atoms with Crippen LogP contribution in [0.5, 0.6) is 5.75 Å². The predicted molar refractivity (Wildman–Crippen MR) is 107 cm³/mol. The second-order valence-electron chi connectivity index (χ2n) is 6.01. The number of benzene rings is 2. The highest BCUT2D eigenvalue weighted by Crippen LogP contribution is 2.35. The molecule has 0 aliphatic rings. The van der Waals surface area contributed by atoms with Crippen LogP contribution in [0.15, 0.2) is 65.8 Å². The molecule has 0 aliphatic carbocycles. The Morgan fingerprint density at radius 1 is 1.04 bits per heavy atom. The first-order chi connectivity index (χ1) is 12.7. The van der Waals surface area contributed by atoms with E-state index >= 15 is 0 Å². The highest BCUT2D eigenvalue weighted by Gasteiger charge is 2.17. The summed E-state index contributed by atoms with van der Waals surface area (Å²) in [5.74, 6) is 1.53. The van der Waals surface area contributed by atoms with Gasteiger partial charge >= 0.3 is 0 Å². The third kappa shape index (κ3) is 2.84. The molecule has 4 rings (SSSR count). The van der Waals surface area contributed by atoms with E-state index in [9.17, 15) is 0 Å². The Kier molecular flexibility index (Phi) is 4.39. The fourth-order valence-corrected chi connectivity index (χ4v) is 3.72. The van der Waals surface area contributed by atoms with E-state index in [0.29, 0.717) is 5.78 Å². The number of imidazole rings is 1. The number of thioether (sulfide) groups is 1. The number of aryl methyl sites for hydroxylation is 1. The van der Waals surface area contributed by atoms with Crippen LogP contribution in [-0.2, 0) is 0 Å². The Balaban J connectivity index is 1.96. The van der Waals surface area contributed by atoms with Gasteiger partial charge in [-0.25, -0.2) is 9.97 Å². The van der Waals surface area contributed by atoms with Crippen LogP contribution >= 0.6 is 11.8 Å². The van der Waals surface area contributed by atoms with E-state index in [2.05, 4.69) is 36.4 Å². The standard InChI is InChI=1S/C21H19N3OS/c1-14-13-16(7-10-18(14)26-3)20-19(15-5-8-17(25-2)9-6-15)23-21-22-11-4-12-24(20)21/h4-13H,1-3H3. The molecule has 0 atom stereocenters. The fraction of sp³-hybridized carbons (Fsp3) is 0.143. The molecule has 0 amide bonds. The molecule has 0 saturated carbocycles. The molecule has 0 unspecified atom stereocenters. The number of hydrogen-bond acceptors (Lipinski definition) is 4. The van der Waals surface area contributed by atoms with Gasteiger partial charge in [-0.15, -0.1) is 11.8 Å². The molecular formula is C21H19N3OS. The maximum atomic E-state index is 5.28. The predicted octanol–water partition coefficient (Wildman–Crippen LogP) is 5.10. The smallest absolute Gasteiger partial charge is 0.234 e. The molecule has 0 N–H and O–H groups in total. The third-order valence-corrected chi connectivity index (χ3v) is 5.33. The lowest BCUT2D eigenvalue weighted by Gasteiger charge is -2.09. The van der Waals surface area contributed by atoms with Crippen LogP contribution in [0, 0.1) is 6.92 Å². The van der Waals surface area contributed by atoms with Gasteiger partial charge in [0.05, 0.1) is 18.5 Å². The molecule has 0 saturated heterocycles. The van der Waals surface area contributed by atoms with Crippen molar-refractivity contribution in [2.45, 2.75) is 11.8 Å². The second kappa shape index (κ2) is 6.84. The minimum atomic E-state index is 0.694. The van der Waals surface area contributed by atoms with Gasteiger partial charge in [0.25, 0.3) is 0 Å². The van der Waals surface area contributed by atoms with E-state index in [-0.39, 0.29) is 0 Å². The van der Waals surface area contributed by atoms with Crippen LogP contribution in [-0.4, -0.2) is 27.7 Å². The van der Waals surface area contributed by atoms with E-state index in [4.69, 9.17) is 9.72 Å². The van der Waals surface area contributed by atoms with Gasteiger partial charge in [0.2, 0.25) is 5.78 Å². The molecule has 4 nitrogen and oxygen atoms in total. The Morgan fingerprint density at radius 3 is 2.50 bits per heavy atom. The zero-order valence-corrected chi connectivity index (χ0v) is 15.7. The van der Waals surface area contributed by atoms with Crippen molar-refractivity contribution >= 4 is 17.5 Å². The van der Waals surface area contributed by atoms with Crippen molar-refractivity contribution in [2.75, 3.05) is 13.4 Å². The second-order valence-corrected chi connectivity index (χ2v) is 6.86. The molecule has 2 heterocycles.